The molecule has 112 valence electrons. The molecule has 1 aromatic heterocycles. The standard InChI is InChI=1S/C16H21N3OS/c1-11(21-2)16(20)19-10-6-5-9-14(19)15-17-12-7-3-4-8-13(12)18-15/h3-4,7-8,11,14H,5-6,9-10H2,1-2H3,(H,17,18). The number of hydrogen-bond acceptors (Lipinski definition) is 3. The molecule has 1 aliphatic rings. The van der Waals surface area contributed by atoms with Gasteiger partial charge in [0.15, 0.2) is 0 Å². The number of carbonyl (C=O) groups excluding carboxylic acids is 1. The van der Waals surface area contributed by atoms with Gasteiger partial charge in [0.25, 0.3) is 0 Å². The first-order chi connectivity index (χ1) is 10.2. The Hall–Kier alpha value is -1.49. The molecule has 1 amide bonds. The molecule has 1 fully saturated rings. The highest BCUT2D eigenvalue weighted by atomic mass is 32.2. The van der Waals surface area contributed by atoms with Gasteiger partial charge in [-0.15, -0.1) is 0 Å². The van der Waals surface area contributed by atoms with E-state index in [1.165, 1.54) is 0 Å². The zero-order valence-corrected chi connectivity index (χ0v) is 13.3. The maximum absolute atomic E-state index is 12.6. The van der Waals surface area contributed by atoms with Crippen molar-refractivity contribution in [2.45, 2.75) is 37.5 Å². The van der Waals surface area contributed by atoms with Crippen molar-refractivity contribution in [1.29, 1.82) is 0 Å². The van der Waals surface area contributed by atoms with E-state index in [4.69, 9.17) is 4.98 Å². The number of benzene rings is 1. The molecule has 21 heavy (non-hydrogen) atoms. The number of imidazole rings is 1. The number of H-pyrrole nitrogens is 1. The molecule has 1 saturated heterocycles. The van der Waals surface area contributed by atoms with Gasteiger partial charge in [0, 0.05) is 6.54 Å². The number of aromatic nitrogens is 2. The topological polar surface area (TPSA) is 49.0 Å². The van der Waals surface area contributed by atoms with Crippen molar-refractivity contribution in [2.75, 3.05) is 12.8 Å². The number of piperidine rings is 1. The number of nitrogens with zero attached hydrogens (tertiary/aromatic N) is 2. The minimum Gasteiger partial charge on any atom is -0.340 e. The molecule has 1 N–H and O–H groups in total. The van der Waals surface area contributed by atoms with Crippen molar-refractivity contribution in [2.24, 2.45) is 0 Å². The fourth-order valence-corrected chi connectivity index (χ4v) is 3.28. The van der Waals surface area contributed by atoms with Gasteiger partial charge in [-0.05, 0) is 44.6 Å². The molecular formula is C16H21N3OS. The fourth-order valence-electron chi connectivity index (χ4n) is 2.94. The Morgan fingerprint density at radius 3 is 3.00 bits per heavy atom. The Morgan fingerprint density at radius 1 is 1.43 bits per heavy atom. The quantitative estimate of drug-likeness (QED) is 0.946. The number of hydrogen-bond donors (Lipinski definition) is 1. The summed E-state index contributed by atoms with van der Waals surface area (Å²) >= 11 is 1.61. The van der Waals surface area contributed by atoms with Gasteiger partial charge in [0.2, 0.25) is 5.91 Å². The first-order valence-electron chi connectivity index (χ1n) is 7.48. The van der Waals surface area contributed by atoms with E-state index in [1.54, 1.807) is 11.8 Å². The molecule has 0 aliphatic carbocycles. The van der Waals surface area contributed by atoms with E-state index < -0.39 is 0 Å². The maximum atomic E-state index is 12.6. The lowest BCUT2D eigenvalue weighted by Crippen LogP contribution is -2.42. The largest absolute Gasteiger partial charge is 0.340 e. The summed E-state index contributed by atoms with van der Waals surface area (Å²) < 4.78 is 0. The molecule has 2 atom stereocenters. The Labute approximate surface area is 129 Å². The van der Waals surface area contributed by atoms with Crippen LogP contribution in [0.4, 0.5) is 0 Å². The smallest absolute Gasteiger partial charge is 0.236 e. The summed E-state index contributed by atoms with van der Waals surface area (Å²) in [7, 11) is 0. The van der Waals surface area contributed by atoms with E-state index >= 15 is 0 Å². The minimum absolute atomic E-state index is 0.00924. The van der Waals surface area contributed by atoms with Crippen molar-refractivity contribution in [1.82, 2.24) is 14.9 Å². The van der Waals surface area contributed by atoms with E-state index in [0.29, 0.717) is 0 Å². The molecule has 4 nitrogen and oxygen atoms in total. The van der Waals surface area contributed by atoms with E-state index in [-0.39, 0.29) is 17.2 Å². The van der Waals surface area contributed by atoms with Crippen LogP contribution in [0.1, 0.15) is 38.1 Å². The predicted molar refractivity (Wildman–Crippen MR) is 87.4 cm³/mol. The number of rotatable bonds is 3. The molecule has 2 aromatic rings. The summed E-state index contributed by atoms with van der Waals surface area (Å²) in [6.45, 7) is 2.82. The van der Waals surface area contributed by atoms with Crippen LogP contribution in [0.5, 0.6) is 0 Å². The van der Waals surface area contributed by atoms with Crippen LogP contribution in [0.15, 0.2) is 24.3 Å². The average molecular weight is 303 g/mol. The van der Waals surface area contributed by atoms with Crippen LogP contribution in [0.25, 0.3) is 11.0 Å². The Balaban J connectivity index is 1.91. The normalized spacial score (nSPS) is 20.7. The van der Waals surface area contributed by atoms with E-state index in [0.717, 1.165) is 42.7 Å². The van der Waals surface area contributed by atoms with Crippen molar-refractivity contribution < 1.29 is 4.79 Å². The average Bonchev–Trinajstić information content (AvgIpc) is 2.97. The van der Waals surface area contributed by atoms with Gasteiger partial charge >= 0.3 is 0 Å². The molecular weight excluding hydrogens is 282 g/mol. The lowest BCUT2D eigenvalue weighted by molar-refractivity contribution is -0.134. The zero-order chi connectivity index (χ0) is 14.8. The third-order valence-corrected chi connectivity index (χ3v) is 5.12. The van der Waals surface area contributed by atoms with Gasteiger partial charge in [-0.1, -0.05) is 12.1 Å². The SMILES string of the molecule is CSC(C)C(=O)N1CCCCC1c1nc2ccccc2[nH]1. The van der Waals surface area contributed by atoms with E-state index in [2.05, 4.69) is 4.98 Å². The van der Waals surface area contributed by atoms with Gasteiger partial charge in [-0.25, -0.2) is 4.98 Å². The lowest BCUT2D eigenvalue weighted by Gasteiger charge is -2.36. The van der Waals surface area contributed by atoms with Crippen molar-refractivity contribution in [3.63, 3.8) is 0 Å². The summed E-state index contributed by atoms with van der Waals surface area (Å²) in [4.78, 5) is 22.7. The Kier molecular flexibility index (Phi) is 4.19. The van der Waals surface area contributed by atoms with Gasteiger partial charge < -0.3 is 9.88 Å². The first-order valence-corrected chi connectivity index (χ1v) is 8.77. The first kappa shape index (κ1) is 14.4. The van der Waals surface area contributed by atoms with Crippen molar-refractivity contribution in [3.05, 3.63) is 30.1 Å². The molecule has 2 unspecified atom stereocenters. The van der Waals surface area contributed by atoms with Crippen LogP contribution in [0.3, 0.4) is 0 Å². The van der Waals surface area contributed by atoms with Gasteiger partial charge in [-0.2, -0.15) is 11.8 Å². The molecule has 1 aliphatic heterocycles. The number of para-hydroxylation sites is 2. The Morgan fingerprint density at radius 2 is 2.24 bits per heavy atom. The summed E-state index contributed by atoms with van der Waals surface area (Å²) in [5.74, 6) is 1.16. The molecule has 0 saturated carbocycles. The number of thioether (sulfide) groups is 1. The highest BCUT2D eigenvalue weighted by Crippen LogP contribution is 2.31. The zero-order valence-electron chi connectivity index (χ0n) is 12.5. The number of nitrogens with one attached hydrogen (secondary N) is 1. The Bertz CT molecular complexity index is 606. The molecule has 0 bridgehead atoms. The van der Waals surface area contributed by atoms with Crippen molar-refractivity contribution in [3.8, 4) is 0 Å². The third kappa shape index (κ3) is 2.79. The highest BCUT2D eigenvalue weighted by molar-refractivity contribution is 7.99. The highest BCUT2D eigenvalue weighted by Gasteiger charge is 2.32. The molecule has 0 spiro atoms. The molecule has 2 heterocycles. The summed E-state index contributed by atoms with van der Waals surface area (Å²) in [6.07, 6.45) is 5.22. The number of fused-ring (bicyclic) bond motifs is 1. The molecule has 3 rings (SSSR count). The van der Waals surface area contributed by atoms with E-state index in [1.807, 2.05) is 42.3 Å². The monoisotopic (exact) mass is 303 g/mol. The van der Waals surface area contributed by atoms with Crippen LogP contribution in [0.2, 0.25) is 0 Å². The maximum Gasteiger partial charge on any atom is 0.236 e. The van der Waals surface area contributed by atoms with Gasteiger partial charge in [0.05, 0.1) is 22.3 Å². The van der Waals surface area contributed by atoms with Crippen LogP contribution in [-0.4, -0.2) is 38.8 Å². The molecule has 0 radical (unpaired) electrons. The van der Waals surface area contributed by atoms with Gasteiger partial charge in [-0.3, -0.25) is 4.79 Å². The molecule has 1 aromatic carbocycles. The summed E-state index contributed by atoms with van der Waals surface area (Å²) in [5, 5.41) is 0.00924. The number of amides is 1. The minimum atomic E-state index is 0.00924. The predicted octanol–water partition coefficient (Wildman–Crippen LogP) is 3.37. The second kappa shape index (κ2) is 6.10. The summed E-state index contributed by atoms with van der Waals surface area (Å²) in [6, 6.07) is 8.13. The van der Waals surface area contributed by atoms with Gasteiger partial charge in [0.1, 0.15) is 5.82 Å². The van der Waals surface area contributed by atoms with E-state index in [9.17, 15) is 4.79 Å². The second-order valence-electron chi connectivity index (χ2n) is 5.56. The lowest BCUT2D eigenvalue weighted by atomic mass is 10.0. The van der Waals surface area contributed by atoms with Crippen LogP contribution < -0.4 is 0 Å². The van der Waals surface area contributed by atoms with Crippen LogP contribution in [0, 0.1) is 0 Å². The second-order valence-corrected chi connectivity index (χ2v) is 6.74. The third-order valence-electron chi connectivity index (χ3n) is 4.21. The molecule has 5 heteroatoms. The number of aromatic amines is 1. The number of likely N-dealkylation sites (tertiary alicyclic amines) is 1. The fraction of sp³-hybridized carbons (Fsp3) is 0.500. The van der Waals surface area contributed by atoms with Crippen molar-refractivity contribution >= 4 is 28.7 Å². The number of carbonyl (C=O) groups is 1. The van der Waals surface area contributed by atoms with Crippen LogP contribution in [-0.2, 0) is 4.79 Å². The van der Waals surface area contributed by atoms with Crippen LogP contribution >= 0.6 is 11.8 Å². The summed E-state index contributed by atoms with van der Waals surface area (Å²) in [5.41, 5.74) is 2.02.